The molecule has 2 heterocycles. The van der Waals surface area contributed by atoms with E-state index in [9.17, 15) is 0 Å². The van der Waals surface area contributed by atoms with Crippen LogP contribution < -0.4 is 5.73 Å². The average Bonchev–Trinajstić information content (AvgIpc) is 2.93. The molecule has 0 radical (unpaired) electrons. The van der Waals surface area contributed by atoms with Gasteiger partial charge in [-0.15, -0.1) is 0 Å². The van der Waals surface area contributed by atoms with Gasteiger partial charge in [0.15, 0.2) is 0 Å². The maximum absolute atomic E-state index is 6.05. The number of anilines is 1. The van der Waals surface area contributed by atoms with E-state index in [1.165, 1.54) is 0 Å². The summed E-state index contributed by atoms with van der Waals surface area (Å²) in [7, 11) is 0. The monoisotopic (exact) mass is 275 g/mol. The fraction of sp³-hybridized carbons (Fsp3) is 0.231. The second-order valence-corrected chi connectivity index (χ2v) is 4.81. The Morgan fingerprint density at radius 3 is 2.89 bits per heavy atom. The van der Waals surface area contributed by atoms with E-state index in [4.69, 9.17) is 17.3 Å². The number of nitrogens with zero attached hydrogens (tertiary/aromatic N) is 4. The molecule has 0 saturated carbocycles. The van der Waals surface area contributed by atoms with E-state index in [0.717, 1.165) is 28.4 Å². The Hall–Kier alpha value is -2.01. The highest BCUT2D eigenvalue weighted by Gasteiger charge is 2.10. The zero-order valence-electron chi connectivity index (χ0n) is 10.5. The molecule has 98 valence electrons. The highest BCUT2D eigenvalue weighted by Crippen LogP contribution is 2.21. The molecule has 0 spiro atoms. The van der Waals surface area contributed by atoms with Crippen molar-refractivity contribution in [1.82, 2.24) is 19.3 Å². The predicted octanol–water partition coefficient (Wildman–Crippen LogP) is 2.54. The number of benzene rings is 1. The van der Waals surface area contributed by atoms with E-state index in [-0.39, 0.29) is 0 Å². The van der Waals surface area contributed by atoms with Crippen LogP contribution in [0, 0.1) is 0 Å². The first-order valence-corrected chi connectivity index (χ1v) is 6.47. The molecule has 6 heteroatoms. The molecule has 0 unspecified atom stereocenters. The number of nitrogen functional groups attached to an aromatic ring is 1. The zero-order chi connectivity index (χ0) is 13.4. The van der Waals surface area contributed by atoms with Gasteiger partial charge in [-0.3, -0.25) is 4.68 Å². The van der Waals surface area contributed by atoms with Crippen LogP contribution in [0.15, 0.2) is 30.6 Å². The summed E-state index contributed by atoms with van der Waals surface area (Å²) in [6.07, 6.45) is 3.43. The fourth-order valence-corrected chi connectivity index (χ4v) is 2.40. The number of fused-ring (bicyclic) bond motifs is 1. The van der Waals surface area contributed by atoms with E-state index >= 15 is 0 Å². The molecule has 0 fully saturated rings. The molecule has 0 aliphatic carbocycles. The molecule has 1 aromatic carbocycles. The van der Waals surface area contributed by atoms with Gasteiger partial charge in [-0.1, -0.05) is 11.6 Å². The van der Waals surface area contributed by atoms with Crippen LogP contribution in [0.25, 0.3) is 11.0 Å². The average molecular weight is 276 g/mol. The first-order valence-electron chi connectivity index (χ1n) is 6.10. The summed E-state index contributed by atoms with van der Waals surface area (Å²) < 4.78 is 3.92. The van der Waals surface area contributed by atoms with Crippen molar-refractivity contribution in [2.45, 2.75) is 20.0 Å². The van der Waals surface area contributed by atoms with Gasteiger partial charge in [0.2, 0.25) is 0 Å². The molecule has 0 atom stereocenters. The number of nitrogens with two attached hydrogens (primary N) is 1. The Morgan fingerprint density at radius 2 is 2.21 bits per heavy atom. The number of rotatable bonds is 3. The lowest BCUT2D eigenvalue weighted by molar-refractivity contribution is 0.614. The van der Waals surface area contributed by atoms with Gasteiger partial charge >= 0.3 is 0 Å². The van der Waals surface area contributed by atoms with Crippen LogP contribution in [0.1, 0.15) is 12.7 Å². The second-order valence-electron chi connectivity index (χ2n) is 4.38. The van der Waals surface area contributed by atoms with Crippen molar-refractivity contribution in [2.75, 3.05) is 5.73 Å². The molecule has 5 nitrogen and oxygen atoms in total. The van der Waals surface area contributed by atoms with Crippen LogP contribution in [-0.2, 0) is 13.1 Å². The Bertz CT molecular complexity index is 728. The highest BCUT2D eigenvalue weighted by molar-refractivity contribution is 6.31. The predicted molar refractivity (Wildman–Crippen MR) is 76.2 cm³/mol. The van der Waals surface area contributed by atoms with Crippen LogP contribution in [-0.4, -0.2) is 19.3 Å². The maximum Gasteiger partial charge on any atom is 0.131 e. The summed E-state index contributed by atoms with van der Waals surface area (Å²) >= 11 is 6.05. The van der Waals surface area contributed by atoms with Crippen LogP contribution in [0.2, 0.25) is 5.02 Å². The number of halogens is 1. The summed E-state index contributed by atoms with van der Waals surface area (Å²) in [6.45, 7) is 3.52. The molecular weight excluding hydrogens is 262 g/mol. The van der Waals surface area contributed by atoms with Crippen LogP contribution in [0.3, 0.4) is 0 Å². The molecule has 19 heavy (non-hydrogen) atoms. The molecule has 0 bridgehead atoms. The van der Waals surface area contributed by atoms with Crippen molar-refractivity contribution >= 4 is 28.3 Å². The Kier molecular flexibility index (Phi) is 2.91. The van der Waals surface area contributed by atoms with Gasteiger partial charge in [0, 0.05) is 17.8 Å². The Balaban J connectivity index is 2.07. The normalized spacial score (nSPS) is 11.3. The molecule has 2 N–H and O–H groups in total. The minimum atomic E-state index is 0.595. The summed E-state index contributed by atoms with van der Waals surface area (Å²) in [5, 5.41) is 4.91. The summed E-state index contributed by atoms with van der Waals surface area (Å²) in [5.41, 5.74) is 8.32. The topological polar surface area (TPSA) is 61.7 Å². The second kappa shape index (κ2) is 4.59. The fourth-order valence-electron chi connectivity index (χ4n) is 2.23. The molecule has 2 aromatic heterocycles. The minimum absolute atomic E-state index is 0.595. The smallest absolute Gasteiger partial charge is 0.131 e. The van der Waals surface area contributed by atoms with Crippen LogP contribution in [0.4, 0.5) is 5.69 Å². The quantitative estimate of drug-likeness (QED) is 0.799. The van der Waals surface area contributed by atoms with E-state index in [0.29, 0.717) is 12.2 Å². The first kappa shape index (κ1) is 12.0. The molecule has 3 aromatic rings. The van der Waals surface area contributed by atoms with Crippen LogP contribution >= 0.6 is 11.6 Å². The van der Waals surface area contributed by atoms with Crippen LogP contribution in [0.5, 0.6) is 0 Å². The highest BCUT2D eigenvalue weighted by atomic mass is 35.5. The third-order valence-electron chi connectivity index (χ3n) is 3.06. The summed E-state index contributed by atoms with van der Waals surface area (Å²) in [5.74, 6) is 0.947. The van der Waals surface area contributed by atoms with E-state index in [1.807, 2.05) is 18.2 Å². The van der Waals surface area contributed by atoms with Gasteiger partial charge < -0.3 is 10.3 Å². The molecule has 0 aliphatic rings. The Morgan fingerprint density at radius 1 is 1.37 bits per heavy atom. The third-order valence-corrected chi connectivity index (χ3v) is 3.30. The van der Waals surface area contributed by atoms with Crippen molar-refractivity contribution in [3.8, 4) is 0 Å². The minimum Gasteiger partial charge on any atom is -0.396 e. The number of imidazole rings is 1. The molecule has 0 aliphatic heterocycles. The van der Waals surface area contributed by atoms with Crippen molar-refractivity contribution in [3.05, 3.63) is 41.4 Å². The molecular formula is C13H14ClN5. The third kappa shape index (κ3) is 2.17. The number of hydrogen-bond acceptors (Lipinski definition) is 3. The van der Waals surface area contributed by atoms with Gasteiger partial charge in [-0.2, -0.15) is 5.10 Å². The van der Waals surface area contributed by atoms with Crippen molar-refractivity contribution < 1.29 is 0 Å². The summed E-state index contributed by atoms with van der Waals surface area (Å²) in [4.78, 5) is 4.63. The standard InChI is InChI=1S/C13H14ClN5/c1-2-19-12-5-9(14)3-4-11(12)17-13(19)8-18-7-10(15)6-16-18/h3-7H,2,8,15H2,1H3. The largest absolute Gasteiger partial charge is 0.396 e. The maximum atomic E-state index is 6.05. The number of aromatic nitrogens is 4. The van der Waals surface area contributed by atoms with Crippen molar-refractivity contribution in [1.29, 1.82) is 0 Å². The molecule has 0 amide bonds. The van der Waals surface area contributed by atoms with Gasteiger partial charge in [-0.05, 0) is 25.1 Å². The lowest BCUT2D eigenvalue weighted by Gasteiger charge is -2.06. The van der Waals surface area contributed by atoms with Gasteiger partial charge in [0.25, 0.3) is 0 Å². The van der Waals surface area contributed by atoms with Crippen molar-refractivity contribution in [2.24, 2.45) is 0 Å². The molecule has 0 saturated heterocycles. The lowest BCUT2D eigenvalue weighted by Crippen LogP contribution is -2.08. The number of aryl methyl sites for hydroxylation is 1. The molecule has 3 rings (SSSR count). The Labute approximate surface area is 115 Å². The lowest BCUT2D eigenvalue weighted by atomic mass is 10.3. The van der Waals surface area contributed by atoms with Gasteiger partial charge in [0.05, 0.1) is 29.5 Å². The van der Waals surface area contributed by atoms with Gasteiger partial charge in [-0.25, -0.2) is 4.98 Å². The van der Waals surface area contributed by atoms with E-state index < -0.39 is 0 Å². The SMILES string of the molecule is CCn1c(Cn2cc(N)cn2)nc2ccc(Cl)cc21. The summed E-state index contributed by atoms with van der Waals surface area (Å²) in [6, 6.07) is 5.73. The zero-order valence-corrected chi connectivity index (χ0v) is 11.3. The number of hydrogen-bond donors (Lipinski definition) is 1. The van der Waals surface area contributed by atoms with E-state index in [2.05, 4.69) is 21.6 Å². The van der Waals surface area contributed by atoms with E-state index in [1.54, 1.807) is 17.1 Å². The first-order chi connectivity index (χ1) is 9.17. The van der Waals surface area contributed by atoms with Gasteiger partial charge in [0.1, 0.15) is 5.82 Å². The van der Waals surface area contributed by atoms with Crippen molar-refractivity contribution in [3.63, 3.8) is 0 Å².